The molecular weight excluding hydrogens is 234 g/mol. The zero-order valence-corrected chi connectivity index (χ0v) is 11.3. The SMILES string of the molecule is Cc1ccccc1SC(C)CC(C)(N)C(=O)O. The predicted octanol–water partition coefficient (Wildman–Crippen LogP) is 2.67. The molecule has 2 atom stereocenters. The molecule has 0 aliphatic heterocycles. The second-order valence-electron chi connectivity index (χ2n) is 4.62. The van der Waals surface area contributed by atoms with Crippen LogP contribution in [0.1, 0.15) is 25.8 Å². The highest BCUT2D eigenvalue weighted by molar-refractivity contribution is 8.00. The third-order valence-electron chi connectivity index (χ3n) is 2.62. The van der Waals surface area contributed by atoms with Crippen LogP contribution in [0.25, 0.3) is 0 Å². The number of aryl methyl sites for hydroxylation is 1. The Morgan fingerprint density at radius 1 is 1.53 bits per heavy atom. The van der Waals surface area contributed by atoms with Gasteiger partial charge in [-0.1, -0.05) is 25.1 Å². The maximum Gasteiger partial charge on any atom is 0.323 e. The first-order valence-corrected chi connectivity index (χ1v) is 6.45. The minimum absolute atomic E-state index is 0.169. The molecule has 0 saturated heterocycles. The molecule has 1 aromatic carbocycles. The summed E-state index contributed by atoms with van der Waals surface area (Å²) in [6.07, 6.45) is 0.446. The van der Waals surface area contributed by atoms with Gasteiger partial charge in [0.2, 0.25) is 0 Å². The number of carboxylic acid groups (broad SMARTS) is 1. The van der Waals surface area contributed by atoms with E-state index in [9.17, 15) is 4.79 Å². The predicted molar refractivity (Wildman–Crippen MR) is 71.3 cm³/mol. The zero-order chi connectivity index (χ0) is 13.1. The van der Waals surface area contributed by atoms with Crippen molar-refractivity contribution < 1.29 is 9.90 Å². The van der Waals surface area contributed by atoms with Crippen LogP contribution in [0.5, 0.6) is 0 Å². The molecule has 0 aliphatic carbocycles. The summed E-state index contributed by atoms with van der Waals surface area (Å²) in [6.45, 7) is 5.61. The molecule has 0 aliphatic rings. The van der Waals surface area contributed by atoms with E-state index in [1.54, 1.807) is 18.7 Å². The van der Waals surface area contributed by atoms with Gasteiger partial charge in [0.1, 0.15) is 5.54 Å². The van der Waals surface area contributed by atoms with Crippen LogP contribution >= 0.6 is 11.8 Å². The number of nitrogens with two attached hydrogens (primary N) is 1. The van der Waals surface area contributed by atoms with Gasteiger partial charge in [0.25, 0.3) is 0 Å². The molecular formula is C13H19NO2S. The molecule has 17 heavy (non-hydrogen) atoms. The highest BCUT2D eigenvalue weighted by Gasteiger charge is 2.30. The van der Waals surface area contributed by atoms with Crippen molar-refractivity contribution in [2.24, 2.45) is 5.73 Å². The Morgan fingerprint density at radius 2 is 2.12 bits per heavy atom. The summed E-state index contributed by atoms with van der Waals surface area (Å²) in [7, 11) is 0. The molecule has 0 fully saturated rings. The number of hydrogen-bond acceptors (Lipinski definition) is 3. The fraction of sp³-hybridized carbons (Fsp3) is 0.462. The molecule has 3 nitrogen and oxygen atoms in total. The van der Waals surface area contributed by atoms with Crippen molar-refractivity contribution in [2.45, 2.75) is 42.9 Å². The van der Waals surface area contributed by atoms with Crippen LogP contribution in [0.15, 0.2) is 29.2 Å². The first kappa shape index (κ1) is 14.1. The number of hydrogen-bond donors (Lipinski definition) is 2. The second-order valence-corrected chi connectivity index (χ2v) is 6.10. The van der Waals surface area contributed by atoms with Crippen LogP contribution in [0, 0.1) is 6.92 Å². The first-order valence-electron chi connectivity index (χ1n) is 5.57. The van der Waals surface area contributed by atoms with Crippen molar-refractivity contribution in [1.29, 1.82) is 0 Å². The molecule has 0 aromatic heterocycles. The molecule has 0 radical (unpaired) electrons. The molecule has 1 aromatic rings. The summed E-state index contributed by atoms with van der Waals surface area (Å²) in [4.78, 5) is 12.1. The Labute approximate surface area is 106 Å². The van der Waals surface area contributed by atoms with Gasteiger partial charge in [0.15, 0.2) is 0 Å². The lowest BCUT2D eigenvalue weighted by Crippen LogP contribution is -2.46. The van der Waals surface area contributed by atoms with E-state index in [0.29, 0.717) is 6.42 Å². The monoisotopic (exact) mass is 253 g/mol. The maximum absolute atomic E-state index is 10.9. The molecule has 2 unspecified atom stereocenters. The number of rotatable bonds is 5. The molecule has 0 bridgehead atoms. The third kappa shape index (κ3) is 4.06. The van der Waals surface area contributed by atoms with Gasteiger partial charge in [-0.3, -0.25) is 4.79 Å². The average Bonchev–Trinajstić information content (AvgIpc) is 2.20. The molecule has 1 rings (SSSR count). The summed E-state index contributed by atoms with van der Waals surface area (Å²) in [6, 6.07) is 8.08. The Balaban J connectivity index is 2.65. The largest absolute Gasteiger partial charge is 0.480 e. The Morgan fingerprint density at radius 3 is 2.65 bits per heavy atom. The van der Waals surface area contributed by atoms with Crippen molar-refractivity contribution in [1.82, 2.24) is 0 Å². The first-order chi connectivity index (χ1) is 7.83. The molecule has 94 valence electrons. The zero-order valence-electron chi connectivity index (χ0n) is 10.4. The van der Waals surface area contributed by atoms with Gasteiger partial charge in [0.05, 0.1) is 0 Å². The smallest absolute Gasteiger partial charge is 0.323 e. The number of thioether (sulfide) groups is 1. The quantitative estimate of drug-likeness (QED) is 0.792. The van der Waals surface area contributed by atoms with Gasteiger partial charge in [-0.2, -0.15) is 0 Å². The maximum atomic E-state index is 10.9. The highest BCUT2D eigenvalue weighted by Crippen LogP contribution is 2.30. The van der Waals surface area contributed by atoms with E-state index in [4.69, 9.17) is 10.8 Å². The van der Waals surface area contributed by atoms with Gasteiger partial charge < -0.3 is 10.8 Å². The topological polar surface area (TPSA) is 63.3 Å². The van der Waals surface area contributed by atoms with Crippen molar-refractivity contribution in [3.8, 4) is 0 Å². The van der Waals surface area contributed by atoms with Crippen molar-refractivity contribution in [3.05, 3.63) is 29.8 Å². The van der Waals surface area contributed by atoms with Crippen LogP contribution in [0.3, 0.4) is 0 Å². The molecule has 0 spiro atoms. The highest BCUT2D eigenvalue weighted by atomic mass is 32.2. The fourth-order valence-electron chi connectivity index (χ4n) is 1.63. The lowest BCUT2D eigenvalue weighted by molar-refractivity contribution is -0.142. The minimum atomic E-state index is -1.16. The third-order valence-corrected chi connectivity index (χ3v) is 3.90. The Kier molecular flexibility index (Phi) is 4.60. The van der Waals surface area contributed by atoms with Gasteiger partial charge in [-0.15, -0.1) is 11.8 Å². The lowest BCUT2D eigenvalue weighted by Gasteiger charge is -2.23. The molecule has 3 N–H and O–H groups in total. The number of aliphatic carboxylic acids is 1. The van der Waals surface area contributed by atoms with Crippen LogP contribution in [-0.4, -0.2) is 21.9 Å². The minimum Gasteiger partial charge on any atom is -0.480 e. The lowest BCUT2D eigenvalue weighted by atomic mass is 9.98. The van der Waals surface area contributed by atoms with E-state index in [1.165, 1.54) is 10.5 Å². The average molecular weight is 253 g/mol. The summed E-state index contributed by atoms with van der Waals surface area (Å²) in [5.41, 5.74) is 5.79. The summed E-state index contributed by atoms with van der Waals surface area (Å²) in [5, 5.41) is 9.15. The Hall–Kier alpha value is -1.00. The summed E-state index contributed by atoms with van der Waals surface area (Å²) >= 11 is 1.67. The summed E-state index contributed by atoms with van der Waals surface area (Å²) < 4.78 is 0. The van der Waals surface area contributed by atoms with Gasteiger partial charge >= 0.3 is 5.97 Å². The standard InChI is InChI=1S/C13H19NO2S/c1-9-6-4-5-7-11(9)17-10(2)8-13(3,14)12(15)16/h4-7,10H,8,14H2,1-3H3,(H,15,16). The fourth-order valence-corrected chi connectivity index (χ4v) is 2.91. The van der Waals surface area contributed by atoms with E-state index in [1.807, 2.05) is 38.1 Å². The van der Waals surface area contributed by atoms with E-state index in [0.717, 1.165) is 0 Å². The normalized spacial score (nSPS) is 16.2. The summed E-state index contributed by atoms with van der Waals surface area (Å²) in [5.74, 6) is -0.949. The van der Waals surface area contributed by atoms with Crippen LogP contribution in [0.2, 0.25) is 0 Å². The molecule has 4 heteroatoms. The number of carbonyl (C=O) groups is 1. The molecule has 0 amide bonds. The van der Waals surface area contributed by atoms with E-state index < -0.39 is 11.5 Å². The van der Waals surface area contributed by atoms with E-state index in [2.05, 4.69) is 0 Å². The Bertz CT molecular complexity index is 404. The number of benzene rings is 1. The van der Waals surface area contributed by atoms with Gasteiger partial charge in [-0.25, -0.2) is 0 Å². The van der Waals surface area contributed by atoms with Gasteiger partial charge in [-0.05, 0) is 31.9 Å². The number of carboxylic acids is 1. The second kappa shape index (κ2) is 5.56. The van der Waals surface area contributed by atoms with Crippen molar-refractivity contribution in [2.75, 3.05) is 0 Å². The molecule has 0 saturated carbocycles. The van der Waals surface area contributed by atoms with Crippen LogP contribution in [-0.2, 0) is 4.79 Å². The van der Waals surface area contributed by atoms with E-state index >= 15 is 0 Å². The van der Waals surface area contributed by atoms with Gasteiger partial charge in [0, 0.05) is 10.1 Å². The van der Waals surface area contributed by atoms with Crippen molar-refractivity contribution in [3.63, 3.8) is 0 Å². The van der Waals surface area contributed by atoms with E-state index in [-0.39, 0.29) is 5.25 Å². The van der Waals surface area contributed by atoms with Crippen molar-refractivity contribution >= 4 is 17.7 Å². The van der Waals surface area contributed by atoms with Crippen LogP contribution < -0.4 is 5.73 Å². The molecule has 0 heterocycles. The van der Waals surface area contributed by atoms with Crippen LogP contribution in [0.4, 0.5) is 0 Å².